The number of carbonyl (C=O) groups is 3. The van der Waals surface area contributed by atoms with E-state index in [2.05, 4.69) is 10.3 Å². The number of carboxylic acid groups (broad SMARTS) is 1. The van der Waals surface area contributed by atoms with Crippen LogP contribution in [0.4, 0.5) is 10.5 Å². The van der Waals surface area contributed by atoms with E-state index in [9.17, 15) is 27.9 Å². The third kappa shape index (κ3) is 5.13. The van der Waals surface area contributed by atoms with Crippen molar-refractivity contribution in [3.63, 3.8) is 0 Å². The molecule has 2 aliphatic rings. The molecule has 0 spiro atoms. The van der Waals surface area contributed by atoms with E-state index >= 15 is 0 Å². The quantitative estimate of drug-likeness (QED) is 0.521. The number of aromatic amines is 1. The van der Waals surface area contributed by atoms with Crippen molar-refractivity contribution in [1.29, 1.82) is 0 Å². The molecule has 1 aliphatic heterocycles. The second kappa shape index (κ2) is 9.05. The SMILES string of the molecule is CS(=O)(=O)NC(=O)c1cc2cc(NC(=O)[C@@H]3[C@H](C4CCCCC4)CCN3C(=O)O)ccc2[nH]1. The van der Waals surface area contributed by atoms with Gasteiger partial charge in [0.2, 0.25) is 15.9 Å². The average molecular weight is 477 g/mol. The summed E-state index contributed by atoms with van der Waals surface area (Å²) in [5.41, 5.74) is 1.14. The summed E-state index contributed by atoms with van der Waals surface area (Å²) in [4.78, 5) is 41.2. The Bertz CT molecular complexity index is 1180. The Morgan fingerprint density at radius 3 is 2.48 bits per heavy atom. The summed E-state index contributed by atoms with van der Waals surface area (Å²) in [6.45, 7) is 0.351. The Balaban J connectivity index is 1.53. The van der Waals surface area contributed by atoms with Crippen molar-refractivity contribution in [1.82, 2.24) is 14.6 Å². The monoisotopic (exact) mass is 476 g/mol. The molecule has 1 saturated heterocycles. The van der Waals surface area contributed by atoms with Crippen LogP contribution in [0, 0.1) is 11.8 Å². The number of rotatable bonds is 5. The van der Waals surface area contributed by atoms with E-state index in [1.54, 1.807) is 18.2 Å². The lowest BCUT2D eigenvalue weighted by Crippen LogP contribution is -2.47. The minimum absolute atomic E-state index is 0.00341. The van der Waals surface area contributed by atoms with Gasteiger partial charge in [-0.15, -0.1) is 0 Å². The van der Waals surface area contributed by atoms with Crippen molar-refractivity contribution in [2.24, 2.45) is 11.8 Å². The zero-order valence-corrected chi connectivity index (χ0v) is 19.2. The number of fused-ring (bicyclic) bond motifs is 1. The Morgan fingerprint density at radius 1 is 1.09 bits per heavy atom. The van der Waals surface area contributed by atoms with Crippen molar-refractivity contribution in [3.8, 4) is 0 Å². The number of nitrogens with one attached hydrogen (secondary N) is 3. The largest absolute Gasteiger partial charge is 0.465 e. The number of carbonyl (C=O) groups excluding carboxylic acids is 2. The van der Waals surface area contributed by atoms with Crippen molar-refractivity contribution < 1.29 is 27.9 Å². The van der Waals surface area contributed by atoms with Gasteiger partial charge in [0.05, 0.1) is 6.26 Å². The van der Waals surface area contributed by atoms with E-state index in [-0.39, 0.29) is 17.5 Å². The maximum Gasteiger partial charge on any atom is 0.407 e. The Hall–Kier alpha value is -3.08. The van der Waals surface area contributed by atoms with Crippen LogP contribution in [0.1, 0.15) is 49.0 Å². The molecule has 2 fully saturated rings. The summed E-state index contributed by atoms with van der Waals surface area (Å²) in [5.74, 6) is -0.779. The molecule has 2 atom stereocenters. The van der Waals surface area contributed by atoms with E-state index in [0.29, 0.717) is 35.5 Å². The average Bonchev–Trinajstić information content (AvgIpc) is 3.37. The molecule has 11 heteroatoms. The Kier molecular flexibility index (Phi) is 6.33. The highest BCUT2D eigenvalue weighted by Crippen LogP contribution is 2.39. The zero-order valence-electron chi connectivity index (χ0n) is 18.3. The van der Waals surface area contributed by atoms with Gasteiger partial charge in [0.25, 0.3) is 5.91 Å². The van der Waals surface area contributed by atoms with Crippen LogP contribution in [0.25, 0.3) is 10.9 Å². The molecule has 2 heterocycles. The summed E-state index contributed by atoms with van der Waals surface area (Å²) < 4.78 is 24.5. The van der Waals surface area contributed by atoms with E-state index in [4.69, 9.17) is 0 Å². The number of H-pyrrole nitrogens is 1. The molecule has 0 unspecified atom stereocenters. The highest BCUT2D eigenvalue weighted by molar-refractivity contribution is 7.89. The van der Waals surface area contributed by atoms with Crippen LogP contribution < -0.4 is 10.0 Å². The second-order valence-electron chi connectivity index (χ2n) is 8.95. The fourth-order valence-corrected chi connectivity index (χ4v) is 5.64. The first-order valence-corrected chi connectivity index (χ1v) is 13.0. The molecule has 1 saturated carbocycles. The first-order valence-electron chi connectivity index (χ1n) is 11.1. The van der Waals surface area contributed by atoms with E-state index in [0.717, 1.165) is 31.9 Å². The molecule has 4 N–H and O–H groups in total. The third-order valence-electron chi connectivity index (χ3n) is 6.63. The van der Waals surface area contributed by atoms with E-state index in [1.165, 1.54) is 17.4 Å². The first kappa shape index (κ1) is 23.1. The summed E-state index contributed by atoms with van der Waals surface area (Å²) >= 11 is 0. The fourth-order valence-electron chi connectivity index (χ4n) is 5.19. The Labute approximate surface area is 191 Å². The van der Waals surface area contributed by atoms with Gasteiger partial charge in [-0.1, -0.05) is 32.1 Å². The lowest BCUT2D eigenvalue weighted by Gasteiger charge is -2.32. The van der Waals surface area contributed by atoms with E-state index < -0.39 is 28.1 Å². The zero-order chi connectivity index (χ0) is 23.8. The second-order valence-corrected chi connectivity index (χ2v) is 10.7. The summed E-state index contributed by atoms with van der Waals surface area (Å²) in [5, 5.41) is 13.1. The smallest absolute Gasteiger partial charge is 0.407 e. The van der Waals surface area contributed by atoms with Crippen LogP contribution in [-0.4, -0.2) is 60.2 Å². The number of likely N-dealkylation sites (tertiary alicyclic amines) is 1. The molecule has 10 nitrogen and oxygen atoms in total. The van der Waals surface area contributed by atoms with Gasteiger partial charge in [0.15, 0.2) is 0 Å². The number of nitrogens with zero attached hydrogens (tertiary/aromatic N) is 1. The number of amides is 3. The fraction of sp³-hybridized carbons (Fsp3) is 0.500. The lowest BCUT2D eigenvalue weighted by atomic mass is 9.76. The number of hydrogen-bond acceptors (Lipinski definition) is 5. The molecular weight excluding hydrogens is 448 g/mol. The summed E-state index contributed by atoms with van der Waals surface area (Å²) in [6, 6.07) is 5.75. The van der Waals surface area contributed by atoms with Gasteiger partial charge < -0.3 is 15.4 Å². The molecule has 33 heavy (non-hydrogen) atoms. The molecule has 3 amide bonds. The number of benzene rings is 1. The maximum atomic E-state index is 13.2. The maximum absolute atomic E-state index is 13.2. The first-order chi connectivity index (χ1) is 15.6. The molecule has 0 bridgehead atoms. The predicted octanol–water partition coefficient (Wildman–Crippen LogP) is 2.74. The van der Waals surface area contributed by atoms with Crippen molar-refractivity contribution in [2.75, 3.05) is 18.1 Å². The van der Waals surface area contributed by atoms with E-state index in [1.807, 2.05) is 4.72 Å². The number of hydrogen-bond donors (Lipinski definition) is 4. The normalized spacial score (nSPS) is 21.8. The third-order valence-corrected chi connectivity index (χ3v) is 7.18. The number of aromatic nitrogens is 1. The van der Waals surface area contributed by atoms with Gasteiger partial charge in [-0.05, 0) is 42.5 Å². The minimum Gasteiger partial charge on any atom is -0.465 e. The van der Waals surface area contributed by atoms with Crippen molar-refractivity contribution >= 4 is 44.5 Å². The summed E-state index contributed by atoms with van der Waals surface area (Å²) in [6.07, 6.45) is 5.95. The molecule has 0 radical (unpaired) electrons. The lowest BCUT2D eigenvalue weighted by molar-refractivity contribution is -0.121. The highest BCUT2D eigenvalue weighted by Gasteiger charge is 2.45. The molecule has 4 rings (SSSR count). The van der Waals surface area contributed by atoms with Gasteiger partial charge in [0.1, 0.15) is 11.7 Å². The standard InChI is InChI=1S/C22H28N4O6S/c1-33(31,32)25-20(27)18-12-14-11-15(7-8-17(14)24-18)23-21(28)19-16(9-10-26(19)22(29)30)13-5-3-2-4-6-13/h7-8,11-13,16,19,24H,2-6,9-10H2,1H3,(H,23,28)(H,25,27)(H,29,30)/t16-,19-/m0/s1. The molecule has 2 aromatic rings. The summed E-state index contributed by atoms with van der Waals surface area (Å²) in [7, 11) is -3.70. The minimum atomic E-state index is -3.70. The molecule has 1 aliphatic carbocycles. The topological polar surface area (TPSA) is 149 Å². The van der Waals surface area contributed by atoms with Crippen LogP contribution >= 0.6 is 0 Å². The van der Waals surface area contributed by atoms with Crippen LogP contribution in [0.5, 0.6) is 0 Å². The number of sulfonamides is 1. The number of anilines is 1. The van der Waals surface area contributed by atoms with Crippen LogP contribution in [-0.2, 0) is 14.8 Å². The molecule has 1 aromatic heterocycles. The van der Waals surface area contributed by atoms with Crippen molar-refractivity contribution in [2.45, 2.75) is 44.6 Å². The predicted molar refractivity (Wildman–Crippen MR) is 122 cm³/mol. The molecular formula is C22H28N4O6S. The highest BCUT2D eigenvalue weighted by atomic mass is 32.2. The van der Waals surface area contributed by atoms with Gasteiger partial charge in [-0.25, -0.2) is 17.9 Å². The van der Waals surface area contributed by atoms with Crippen LogP contribution in [0.2, 0.25) is 0 Å². The van der Waals surface area contributed by atoms with Gasteiger partial charge >= 0.3 is 6.09 Å². The van der Waals surface area contributed by atoms with Gasteiger partial charge in [-0.3, -0.25) is 14.5 Å². The Morgan fingerprint density at radius 2 is 1.82 bits per heavy atom. The van der Waals surface area contributed by atoms with Crippen molar-refractivity contribution in [3.05, 3.63) is 30.0 Å². The van der Waals surface area contributed by atoms with Gasteiger partial charge in [-0.2, -0.15) is 0 Å². The van der Waals surface area contributed by atoms with Gasteiger partial charge in [0, 0.05) is 23.1 Å². The van der Waals surface area contributed by atoms with Crippen LogP contribution in [0.3, 0.4) is 0 Å². The molecule has 178 valence electrons. The molecule has 1 aromatic carbocycles. The van der Waals surface area contributed by atoms with Crippen LogP contribution in [0.15, 0.2) is 24.3 Å².